The first-order valence-electron chi connectivity index (χ1n) is 10.6. The van der Waals surface area contributed by atoms with Crippen LogP contribution in [0.4, 0.5) is 17.1 Å². The summed E-state index contributed by atoms with van der Waals surface area (Å²) >= 11 is 0. The number of carbonyl (C=O) groups is 2. The molecule has 1 saturated heterocycles. The van der Waals surface area contributed by atoms with E-state index in [2.05, 4.69) is 15.5 Å². The Morgan fingerprint density at radius 1 is 1.10 bits per heavy atom. The number of nitrogens with one attached hydrogen (secondary N) is 2. The van der Waals surface area contributed by atoms with Crippen LogP contribution in [0.1, 0.15) is 60.2 Å². The molecule has 2 amide bonds. The third kappa shape index (κ3) is 5.59. The van der Waals surface area contributed by atoms with Crippen LogP contribution in [0.5, 0.6) is 0 Å². The van der Waals surface area contributed by atoms with E-state index in [-0.39, 0.29) is 23.2 Å². The highest BCUT2D eigenvalue weighted by Gasteiger charge is 2.21. The molecule has 0 spiro atoms. The van der Waals surface area contributed by atoms with Crippen LogP contribution < -0.4 is 15.5 Å². The maximum Gasteiger partial charge on any atom is 0.270 e. The van der Waals surface area contributed by atoms with Crippen molar-refractivity contribution >= 4 is 28.9 Å². The first-order chi connectivity index (χ1) is 14.9. The Kier molecular flexibility index (Phi) is 7.23. The van der Waals surface area contributed by atoms with Crippen molar-refractivity contribution in [3.05, 3.63) is 63.7 Å². The zero-order valence-corrected chi connectivity index (χ0v) is 17.9. The molecule has 164 valence electrons. The zero-order valence-electron chi connectivity index (χ0n) is 17.9. The number of hydrogen-bond donors (Lipinski definition) is 2. The lowest BCUT2D eigenvalue weighted by molar-refractivity contribution is -0.384. The van der Waals surface area contributed by atoms with E-state index in [4.69, 9.17) is 0 Å². The highest BCUT2D eigenvalue weighted by atomic mass is 16.6. The Balaban J connectivity index is 1.87. The van der Waals surface area contributed by atoms with Crippen molar-refractivity contribution in [3.8, 4) is 0 Å². The molecule has 8 nitrogen and oxygen atoms in total. The number of benzene rings is 2. The van der Waals surface area contributed by atoms with Gasteiger partial charge < -0.3 is 15.5 Å². The van der Waals surface area contributed by atoms with Gasteiger partial charge >= 0.3 is 0 Å². The van der Waals surface area contributed by atoms with Gasteiger partial charge in [-0.05, 0) is 56.9 Å². The molecule has 2 aromatic carbocycles. The van der Waals surface area contributed by atoms with E-state index >= 15 is 0 Å². The molecule has 1 unspecified atom stereocenters. The van der Waals surface area contributed by atoms with E-state index < -0.39 is 10.8 Å². The van der Waals surface area contributed by atoms with Crippen molar-refractivity contribution < 1.29 is 14.5 Å². The molecule has 1 atom stereocenters. The van der Waals surface area contributed by atoms with Gasteiger partial charge in [-0.25, -0.2) is 0 Å². The number of piperidine rings is 1. The number of nitro benzene ring substituents is 1. The van der Waals surface area contributed by atoms with Crippen LogP contribution in [-0.2, 0) is 0 Å². The van der Waals surface area contributed by atoms with E-state index in [9.17, 15) is 19.7 Å². The number of carbonyl (C=O) groups excluding carboxylic acids is 2. The van der Waals surface area contributed by atoms with Crippen LogP contribution >= 0.6 is 0 Å². The van der Waals surface area contributed by atoms with Gasteiger partial charge in [-0.3, -0.25) is 19.7 Å². The van der Waals surface area contributed by atoms with E-state index in [0.29, 0.717) is 11.3 Å². The van der Waals surface area contributed by atoms with Crippen LogP contribution in [-0.4, -0.2) is 35.9 Å². The summed E-state index contributed by atoms with van der Waals surface area (Å²) in [6.45, 7) is 5.74. The molecule has 1 heterocycles. The minimum absolute atomic E-state index is 0.0322. The Morgan fingerprint density at radius 2 is 1.84 bits per heavy atom. The summed E-state index contributed by atoms with van der Waals surface area (Å²) in [5.74, 6) is -0.649. The quantitative estimate of drug-likeness (QED) is 0.507. The fourth-order valence-corrected chi connectivity index (χ4v) is 3.57. The summed E-state index contributed by atoms with van der Waals surface area (Å²) in [7, 11) is 0. The zero-order chi connectivity index (χ0) is 22.4. The van der Waals surface area contributed by atoms with Crippen LogP contribution in [0.3, 0.4) is 0 Å². The summed E-state index contributed by atoms with van der Waals surface area (Å²) < 4.78 is 0. The number of nitrogens with zero attached hydrogens (tertiary/aromatic N) is 2. The van der Waals surface area contributed by atoms with Crippen molar-refractivity contribution in [1.29, 1.82) is 0 Å². The summed E-state index contributed by atoms with van der Waals surface area (Å²) in [6.07, 6.45) is 4.16. The van der Waals surface area contributed by atoms with Gasteiger partial charge in [-0.15, -0.1) is 0 Å². The van der Waals surface area contributed by atoms with E-state index in [1.807, 2.05) is 19.9 Å². The first-order valence-corrected chi connectivity index (χ1v) is 10.6. The number of nitro groups is 1. The third-order valence-electron chi connectivity index (χ3n) is 5.50. The van der Waals surface area contributed by atoms with Gasteiger partial charge in [0.15, 0.2) is 0 Å². The first kappa shape index (κ1) is 22.3. The third-order valence-corrected chi connectivity index (χ3v) is 5.50. The lowest BCUT2D eigenvalue weighted by atomic mass is 10.0. The van der Waals surface area contributed by atoms with Crippen LogP contribution in [0.25, 0.3) is 0 Å². The molecular formula is C23H28N4O4. The van der Waals surface area contributed by atoms with Crippen molar-refractivity contribution in [3.63, 3.8) is 0 Å². The number of amides is 2. The predicted octanol–water partition coefficient (Wildman–Crippen LogP) is 4.37. The van der Waals surface area contributed by atoms with E-state index in [0.717, 1.165) is 38.0 Å². The van der Waals surface area contributed by atoms with E-state index in [1.165, 1.54) is 30.7 Å². The molecule has 31 heavy (non-hydrogen) atoms. The van der Waals surface area contributed by atoms with Crippen molar-refractivity contribution in [2.24, 2.45) is 0 Å². The Bertz CT molecular complexity index is 970. The lowest BCUT2D eigenvalue weighted by Crippen LogP contribution is -2.35. The smallest absolute Gasteiger partial charge is 0.270 e. The Hall–Kier alpha value is -3.42. The Labute approximate surface area is 181 Å². The van der Waals surface area contributed by atoms with E-state index in [1.54, 1.807) is 12.1 Å². The molecule has 8 heteroatoms. The second-order valence-electron chi connectivity index (χ2n) is 7.82. The number of anilines is 2. The molecule has 0 bridgehead atoms. The van der Waals surface area contributed by atoms with Gasteiger partial charge in [-0.1, -0.05) is 13.0 Å². The van der Waals surface area contributed by atoms with Crippen LogP contribution in [0.15, 0.2) is 42.5 Å². The summed E-state index contributed by atoms with van der Waals surface area (Å²) in [6, 6.07) is 10.9. The minimum Gasteiger partial charge on any atom is -0.371 e. The maximum absolute atomic E-state index is 13.0. The molecule has 0 aromatic heterocycles. The molecular weight excluding hydrogens is 396 g/mol. The molecule has 0 saturated carbocycles. The van der Waals surface area contributed by atoms with Gasteiger partial charge in [0.1, 0.15) is 0 Å². The van der Waals surface area contributed by atoms with Gasteiger partial charge in [-0.2, -0.15) is 0 Å². The van der Waals surface area contributed by atoms with Gasteiger partial charge in [0, 0.05) is 48.2 Å². The van der Waals surface area contributed by atoms with Crippen LogP contribution in [0, 0.1) is 10.1 Å². The average Bonchev–Trinajstić information content (AvgIpc) is 2.79. The van der Waals surface area contributed by atoms with Crippen LogP contribution in [0.2, 0.25) is 0 Å². The monoisotopic (exact) mass is 424 g/mol. The topological polar surface area (TPSA) is 105 Å². The Morgan fingerprint density at radius 3 is 2.52 bits per heavy atom. The average molecular weight is 425 g/mol. The normalized spacial score (nSPS) is 14.6. The van der Waals surface area contributed by atoms with Crippen molar-refractivity contribution in [1.82, 2.24) is 5.32 Å². The number of rotatable bonds is 7. The second-order valence-corrected chi connectivity index (χ2v) is 7.82. The van der Waals surface area contributed by atoms with Gasteiger partial charge in [0.2, 0.25) is 0 Å². The number of non-ortho nitro benzene ring substituents is 1. The molecule has 1 fully saturated rings. The fourth-order valence-electron chi connectivity index (χ4n) is 3.57. The molecule has 3 rings (SSSR count). The standard InChI is InChI=1S/C23H28N4O4/c1-3-16(2)24-23(29)20-15-18(10-11-21(20)26-12-5-4-6-13-26)25-22(28)17-8-7-9-19(14-17)27(30)31/h7-11,14-16H,3-6,12-13H2,1-2H3,(H,24,29)(H,25,28). The molecule has 1 aliphatic rings. The second kappa shape index (κ2) is 10.1. The van der Waals surface area contributed by atoms with Gasteiger partial charge in [0.25, 0.3) is 17.5 Å². The fraction of sp³-hybridized carbons (Fsp3) is 0.391. The molecule has 0 radical (unpaired) electrons. The highest BCUT2D eigenvalue weighted by Crippen LogP contribution is 2.28. The van der Waals surface area contributed by atoms with Gasteiger partial charge in [0.05, 0.1) is 10.5 Å². The minimum atomic E-state index is -0.540. The predicted molar refractivity (Wildman–Crippen MR) is 121 cm³/mol. The largest absolute Gasteiger partial charge is 0.371 e. The maximum atomic E-state index is 13.0. The van der Waals surface area contributed by atoms with Crippen molar-refractivity contribution in [2.75, 3.05) is 23.3 Å². The molecule has 0 aliphatic carbocycles. The molecule has 2 N–H and O–H groups in total. The summed E-state index contributed by atoms with van der Waals surface area (Å²) in [4.78, 5) is 38.3. The lowest BCUT2D eigenvalue weighted by Gasteiger charge is -2.31. The SMILES string of the molecule is CCC(C)NC(=O)c1cc(NC(=O)c2cccc([N+](=O)[O-])c2)ccc1N1CCCCC1. The molecule has 2 aromatic rings. The number of hydrogen-bond acceptors (Lipinski definition) is 5. The van der Waals surface area contributed by atoms with Crippen molar-refractivity contribution in [2.45, 2.75) is 45.6 Å². The summed E-state index contributed by atoms with van der Waals surface area (Å²) in [5.41, 5.74) is 1.86. The molecule has 1 aliphatic heterocycles. The highest BCUT2D eigenvalue weighted by molar-refractivity contribution is 6.06. The summed E-state index contributed by atoms with van der Waals surface area (Å²) in [5, 5.41) is 16.7.